The minimum Gasteiger partial charge on any atom is -0.461 e. The van der Waals surface area contributed by atoms with Crippen molar-refractivity contribution in [2.75, 3.05) is 16.8 Å². The zero-order chi connectivity index (χ0) is 35.5. The summed E-state index contributed by atoms with van der Waals surface area (Å²) >= 11 is 1.07. The van der Waals surface area contributed by atoms with Crippen molar-refractivity contribution in [3.63, 3.8) is 0 Å². The molecule has 49 heavy (non-hydrogen) atoms. The Bertz CT molecular complexity index is 1840. The molecule has 3 aromatic rings. The first-order valence-electron chi connectivity index (χ1n) is 16.7. The van der Waals surface area contributed by atoms with Gasteiger partial charge in [-0.05, 0) is 74.1 Å². The predicted molar refractivity (Wildman–Crippen MR) is 186 cm³/mol. The number of carbonyl (C=O) groups is 4. The van der Waals surface area contributed by atoms with E-state index in [1.165, 1.54) is 17.8 Å². The van der Waals surface area contributed by atoms with Gasteiger partial charge in [0.1, 0.15) is 28.8 Å². The van der Waals surface area contributed by atoms with Gasteiger partial charge in [-0.1, -0.05) is 45.5 Å². The van der Waals surface area contributed by atoms with Gasteiger partial charge in [0.25, 0.3) is 0 Å². The lowest BCUT2D eigenvalue weighted by Crippen LogP contribution is -2.63. The summed E-state index contributed by atoms with van der Waals surface area (Å²) < 4.78 is 7.56. The van der Waals surface area contributed by atoms with E-state index in [4.69, 9.17) is 10.5 Å². The number of thioether (sulfide) groups is 1. The van der Waals surface area contributed by atoms with Crippen LogP contribution in [-0.2, 0) is 14.3 Å². The standard InChI is InChI=1S/C36H44N6O6S/c1-7-34(5)16-25(35(6)19(2)12-14-36(20(3)29(34)46)15-13-24(44)28(35)36)48-26(45)17-49-31-27-30(40-32(37)41-31)42(18-38-27)33(47)39-23-10-8-22(9-11-23)21(4)43/h7-11,18-20,25,28-29,46H,1,12-17H2,2-6H3,(H,39,47)(H2,37,40,41)/t19-,20+,25-,28?,29+,34-,35+,36+/m1/s1. The lowest BCUT2D eigenvalue weighted by atomic mass is 9.44. The number of aromatic nitrogens is 4. The van der Waals surface area contributed by atoms with Gasteiger partial charge in [0.15, 0.2) is 11.4 Å². The van der Waals surface area contributed by atoms with E-state index in [9.17, 15) is 24.3 Å². The second kappa shape index (κ2) is 12.7. The molecule has 2 heterocycles. The average Bonchev–Trinajstić information content (AvgIpc) is 3.66. The molecule has 6 rings (SSSR count). The largest absolute Gasteiger partial charge is 0.461 e. The Hall–Kier alpha value is -4.10. The number of aliphatic hydroxyl groups excluding tert-OH is 1. The molecule has 12 nitrogen and oxygen atoms in total. The monoisotopic (exact) mass is 688 g/mol. The van der Waals surface area contributed by atoms with Crippen LogP contribution in [0, 0.1) is 34.0 Å². The highest BCUT2D eigenvalue weighted by molar-refractivity contribution is 8.00. The molecule has 0 radical (unpaired) electrons. The molecular weight excluding hydrogens is 644 g/mol. The number of aliphatic hydroxyl groups is 1. The Morgan fingerprint density at radius 1 is 1.18 bits per heavy atom. The third-order valence-electron chi connectivity index (χ3n) is 12.0. The fraction of sp³-hybridized carbons (Fsp3) is 0.528. The smallest absolute Gasteiger partial charge is 0.332 e. The third kappa shape index (κ3) is 5.74. The number of amides is 1. The van der Waals surface area contributed by atoms with E-state index >= 15 is 0 Å². The number of ether oxygens (including phenoxy) is 1. The number of hydrogen-bond acceptors (Lipinski definition) is 11. The number of ketones is 2. The van der Waals surface area contributed by atoms with E-state index in [1.54, 1.807) is 30.3 Å². The summed E-state index contributed by atoms with van der Waals surface area (Å²) in [7, 11) is 0. The zero-order valence-corrected chi connectivity index (χ0v) is 29.4. The van der Waals surface area contributed by atoms with Crippen molar-refractivity contribution in [3.8, 4) is 0 Å². The van der Waals surface area contributed by atoms with Crippen molar-refractivity contribution in [1.29, 1.82) is 0 Å². The highest BCUT2D eigenvalue weighted by atomic mass is 32.2. The molecule has 3 saturated carbocycles. The van der Waals surface area contributed by atoms with Gasteiger partial charge in [0.2, 0.25) is 5.95 Å². The van der Waals surface area contributed by atoms with Crippen molar-refractivity contribution in [2.45, 2.75) is 84.0 Å². The van der Waals surface area contributed by atoms with Crippen LogP contribution in [-0.4, -0.2) is 66.2 Å². The van der Waals surface area contributed by atoms with Crippen LogP contribution in [0.15, 0.2) is 48.3 Å². The van der Waals surface area contributed by atoms with Gasteiger partial charge in [0, 0.05) is 34.4 Å². The first kappa shape index (κ1) is 34.8. The van der Waals surface area contributed by atoms with Crippen LogP contribution < -0.4 is 11.1 Å². The molecule has 0 spiro atoms. The summed E-state index contributed by atoms with van der Waals surface area (Å²) in [5.41, 5.74) is 5.73. The van der Waals surface area contributed by atoms with Crippen molar-refractivity contribution >= 4 is 58.1 Å². The second-order valence-corrected chi connectivity index (χ2v) is 15.6. The van der Waals surface area contributed by atoms with Crippen LogP contribution in [0.4, 0.5) is 16.4 Å². The molecule has 4 N–H and O–H groups in total. The van der Waals surface area contributed by atoms with Crippen molar-refractivity contribution in [3.05, 3.63) is 48.8 Å². The number of nitrogen functional groups attached to an aromatic ring is 1. The molecule has 1 amide bonds. The van der Waals surface area contributed by atoms with Gasteiger partial charge in [-0.2, -0.15) is 4.98 Å². The number of esters is 1. The van der Waals surface area contributed by atoms with Gasteiger partial charge < -0.3 is 20.9 Å². The van der Waals surface area contributed by atoms with E-state index in [1.807, 2.05) is 6.92 Å². The molecule has 1 unspecified atom stereocenters. The number of Topliss-reactive ketones (excluding diaryl/α,β-unsaturated/α-hetero) is 2. The van der Waals surface area contributed by atoms with E-state index in [2.05, 4.69) is 47.6 Å². The molecule has 3 aliphatic carbocycles. The summed E-state index contributed by atoms with van der Waals surface area (Å²) in [5, 5.41) is 14.8. The van der Waals surface area contributed by atoms with Gasteiger partial charge in [-0.3, -0.25) is 14.4 Å². The van der Waals surface area contributed by atoms with Crippen LogP contribution in [0.25, 0.3) is 11.2 Å². The molecule has 1 aromatic carbocycles. The van der Waals surface area contributed by atoms with Crippen molar-refractivity contribution in [1.82, 2.24) is 19.5 Å². The summed E-state index contributed by atoms with van der Waals surface area (Å²) in [4.78, 5) is 65.0. The Balaban J connectivity index is 1.24. The number of imidazole rings is 1. The van der Waals surface area contributed by atoms with E-state index in [0.29, 0.717) is 29.1 Å². The Morgan fingerprint density at radius 3 is 2.57 bits per heavy atom. The molecule has 3 fully saturated rings. The second-order valence-electron chi connectivity index (χ2n) is 14.6. The number of nitrogens with two attached hydrogens (primary N) is 1. The normalized spacial score (nSPS) is 32.5. The lowest BCUT2D eigenvalue weighted by Gasteiger charge is -2.61. The van der Waals surface area contributed by atoms with Gasteiger partial charge in [-0.25, -0.2) is 19.3 Å². The van der Waals surface area contributed by atoms with Crippen molar-refractivity contribution in [2.24, 2.45) is 34.0 Å². The van der Waals surface area contributed by atoms with E-state index in [-0.39, 0.29) is 57.6 Å². The van der Waals surface area contributed by atoms with Crippen LogP contribution in [0.5, 0.6) is 0 Å². The number of fused-ring (bicyclic) bond motifs is 1. The summed E-state index contributed by atoms with van der Waals surface area (Å²) in [5.74, 6) is -0.972. The van der Waals surface area contributed by atoms with Crippen LogP contribution in [0.3, 0.4) is 0 Å². The molecule has 260 valence electrons. The zero-order valence-electron chi connectivity index (χ0n) is 28.6. The van der Waals surface area contributed by atoms with Gasteiger partial charge in [-0.15, -0.1) is 6.58 Å². The molecule has 0 saturated heterocycles. The minimum atomic E-state index is -0.753. The predicted octanol–water partition coefficient (Wildman–Crippen LogP) is 5.69. The first-order valence-corrected chi connectivity index (χ1v) is 17.7. The van der Waals surface area contributed by atoms with E-state index in [0.717, 1.165) is 31.0 Å². The molecule has 0 aliphatic heterocycles. The third-order valence-corrected chi connectivity index (χ3v) is 13.0. The number of hydrogen-bond donors (Lipinski definition) is 3. The van der Waals surface area contributed by atoms with Crippen LogP contribution in [0.2, 0.25) is 0 Å². The summed E-state index contributed by atoms with van der Waals surface area (Å²) in [6.45, 7) is 13.8. The number of nitrogens with one attached hydrogen (secondary N) is 1. The highest BCUT2D eigenvalue weighted by Gasteiger charge is 2.68. The Kier molecular flexibility index (Phi) is 8.98. The average molecular weight is 689 g/mol. The summed E-state index contributed by atoms with van der Waals surface area (Å²) in [6, 6.07) is 5.93. The highest BCUT2D eigenvalue weighted by Crippen LogP contribution is 2.68. The molecular formula is C36H44N6O6S. The van der Waals surface area contributed by atoms with Gasteiger partial charge >= 0.3 is 12.0 Å². The quantitative estimate of drug-likeness (QED) is 0.0913. The Morgan fingerprint density at radius 2 is 1.90 bits per heavy atom. The topological polar surface area (TPSA) is 179 Å². The number of rotatable bonds is 7. The maximum Gasteiger partial charge on any atom is 0.332 e. The lowest BCUT2D eigenvalue weighted by molar-refractivity contribution is -0.205. The van der Waals surface area contributed by atoms with Crippen LogP contribution in [0.1, 0.15) is 77.1 Å². The first-order chi connectivity index (χ1) is 23.1. The fourth-order valence-corrected chi connectivity index (χ4v) is 9.69. The van der Waals surface area contributed by atoms with E-state index < -0.39 is 35.0 Å². The molecule has 8 atom stereocenters. The van der Waals surface area contributed by atoms with Gasteiger partial charge in [0.05, 0.1) is 11.9 Å². The van der Waals surface area contributed by atoms with Crippen LogP contribution >= 0.6 is 11.8 Å². The number of nitrogens with zero attached hydrogens (tertiary/aromatic N) is 4. The Labute approximate surface area is 289 Å². The molecule has 13 heteroatoms. The van der Waals surface area contributed by atoms with Crippen molar-refractivity contribution < 1.29 is 29.0 Å². The minimum absolute atomic E-state index is 0.0865. The molecule has 2 bridgehead atoms. The SMILES string of the molecule is C=C[C@]1(C)C[C@@H](OC(=O)CSc2nc(N)nc3c2ncn3C(=O)Nc2ccc(C(C)=O)cc2)[C@@]2(C)C3C(=O)CC[C@@]3(CC[C@H]2C)[C@@H](C)[C@@H]1O. The number of benzene rings is 1. The summed E-state index contributed by atoms with van der Waals surface area (Å²) in [6.07, 6.45) is 4.93. The number of carbonyl (C=O) groups excluding carboxylic acids is 4. The fourth-order valence-electron chi connectivity index (χ4n) is 8.93. The number of anilines is 2. The molecule has 3 aliphatic rings. The maximum absolute atomic E-state index is 13.7. The molecule has 2 aromatic heterocycles. The maximum atomic E-state index is 13.7.